The molecule has 82 valence electrons. The minimum absolute atomic E-state index is 0.104. The standard InChI is InChI=1S/C12H18N2O/c1-10-5-4-8-14(10)11(15)12(9-13)6-2-3-7-12/h10H,2-8H2,1H3. The summed E-state index contributed by atoms with van der Waals surface area (Å²) in [5, 5.41) is 9.24. The number of amides is 1. The zero-order chi connectivity index (χ0) is 10.9. The SMILES string of the molecule is CC1CCCN1C(=O)C1(C#N)CCCC1. The molecule has 0 radical (unpaired) electrons. The Bertz CT molecular complexity index is 299. The van der Waals surface area contributed by atoms with Crippen molar-refractivity contribution >= 4 is 5.91 Å². The molecule has 1 atom stereocenters. The van der Waals surface area contributed by atoms with Crippen LogP contribution < -0.4 is 0 Å². The summed E-state index contributed by atoms with van der Waals surface area (Å²) < 4.78 is 0. The first kappa shape index (κ1) is 10.5. The highest BCUT2D eigenvalue weighted by atomic mass is 16.2. The lowest BCUT2D eigenvalue weighted by molar-refractivity contribution is -0.139. The Hall–Kier alpha value is -1.04. The highest BCUT2D eigenvalue weighted by molar-refractivity contribution is 5.86. The average Bonchev–Trinajstić information content (AvgIpc) is 2.86. The van der Waals surface area contributed by atoms with Gasteiger partial charge in [0, 0.05) is 12.6 Å². The minimum Gasteiger partial charge on any atom is -0.339 e. The number of nitriles is 1. The fraction of sp³-hybridized carbons (Fsp3) is 0.833. The van der Waals surface area contributed by atoms with Crippen molar-refractivity contribution in [1.82, 2.24) is 4.90 Å². The average molecular weight is 206 g/mol. The summed E-state index contributed by atoms with van der Waals surface area (Å²) in [6.45, 7) is 2.94. The van der Waals surface area contributed by atoms with Crippen molar-refractivity contribution < 1.29 is 4.79 Å². The van der Waals surface area contributed by atoms with Gasteiger partial charge in [-0.15, -0.1) is 0 Å². The van der Waals surface area contributed by atoms with Crippen LogP contribution in [0.25, 0.3) is 0 Å². The van der Waals surface area contributed by atoms with Crippen LogP contribution in [-0.4, -0.2) is 23.4 Å². The number of carbonyl (C=O) groups is 1. The van der Waals surface area contributed by atoms with Gasteiger partial charge in [-0.05, 0) is 32.6 Å². The predicted molar refractivity (Wildman–Crippen MR) is 56.9 cm³/mol. The molecule has 0 aromatic rings. The summed E-state index contributed by atoms with van der Waals surface area (Å²) in [5.74, 6) is 0.104. The van der Waals surface area contributed by atoms with Crippen LogP contribution in [0.5, 0.6) is 0 Å². The molecule has 1 heterocycles. The Kier molecular flexibility index (Phi) is 2.68. The zero-order valence-corrected chi connectivity index (χ0v) is 9.33. The summed E-state index contributed by atoms with van der Waals surface area (Å²) in [4.78, 5) is 14.2. The van der Waals surface area contributed by atoms with E-state index in [1.807, 2.05) is 4.90 Å². The molecule has 2 rings (SSSR count). The van der Waals surface area contributed by atoms with Crippen molar-refractivity contribution in [3.8, 4) is 6.07 Å². The predicted octanol–water partition coefficient (Wildman–Crippen LogP) is 2.08. The van der Waals surface area contributed by atoms with Crippen molar-refractivity contribution in [3.05, 3.63) is 0 Å². The van der Waals surface area contributed by atoms with Crippen LogP contribution in [0.3, 0.4) is 0 Å². The van der Waals surface area contributed by atoms with E-state index in [-0.39, 0.29) is 5.91 Å². The molecule has 1 saturated carbocycles. The van der Waals surface area contributed by atoms with E-state index < -0.39 is 5.41 Å². The second-order valence-electron chi connectivity index (χ2n) is 4.89. The van der Waals surface area contributed by atoms with Gasteiger partial charge in [-0.3, -0.25) is 4.79 Å². The quantitative estimate of drug-likeness (QED) is 0.659. The lowest BCUT2D eigenvalue weighted by Gasteiger charge is -2.29. The van der Waals surface area contributed by atoms with Gasteiger partial charge in [0.15, 0.2) is 0 Å². The molecule has 15 heavy (non-hydrogen) atoms. The maximum Gasteiger partial charge on any atom is 0.243 e. The van der Waals surface area contributed by atoms with E-state index in [2.05, 4.69) is 13.0 Å². The van der Waals surface area contributed by atoms with Gasteiger partial charge >= 0.3 is 0 Å². The number of nitrogens with zero attached hydrogens (tertiary/aromatic N) is 2. The van der Waals surface area contributed by atoms with Crippen LogP contribution in [0.2, 0.25) is 0 Å². The summed E-state index contributed by atoms with van der Waals surface area (Å²) in [5.41, 5.74) is -0.668. The highest BCUT2D eigenvalue weighted by Gasteiger charge is 2.45. The molecular formula is C12H18N2O. The van der Waals surface area contributed by atoms with Gasteiger partial charge in [0.25, 0.3) is 0 Å². The van der Waals surface area contributed by atoms with Crippen LogP contribution in [-0.2, 0) is 4.79 Å². The fourth-order valence-electron chi connectivity index (χ4n) is 2.86. The van der Waals surface area contributed by atoms with Crippen LogP contribution in [0.15, 0.2) is 0 Å². The van der Waals surface area contributed by atoms with E-state index in [4.69, 9.17) is 0 Å². The Morgan fingerprint density at radius 2 is 2.07 bits per heavy atom. The molecule has 2 fully saturated rings. The van der Waals surface area contributed by atoms with Crippen LogP contribution >= 0.6 is 0 Å². The molecule has 1 saturated heterocycles. The van der Waals surface area contributed by atoms with Crippen molar-refractivity contribution in [1.29, 1.82) is 5.26 Å². The molecule has 0 bridgehead atoms. The molecule has 1 amide bonds. The Labute approximate surface area is 91.1 Å². The van der Waals surface area contributed by atoms with E-state index in [1.54, 1.807) is 0 Å². The number of rotatable bonds is 1. The molecule has 0 spiro atoms. The second-order valence-corrected chi connectivity index (χ2v) is 4.89. The first-order valence-corrected chi connectivity index (χ1v) is 5.92. The van der Waals surface area contributed by atoms with Crippen molar-refractivity contribution in [2.45, 2.75) is 51.5 Å². The third-order valence-electron chi connectivity index (χ3n) is 3.89. The van der Waals surface area contributed by atoms with Crippen LogP contribution in [0, 0.1) is 16.7 Å². The third-order valence-corrected chi connectivity index (χ3v) is 3.89. The van der Waals surface area contributed by atoms with Gasteiger partial charge in [0.05, 0.1) is 6.07 Å². The fourth-order valence-corrected chi connectivity index (χ4v) is 2.86. The number of likely N-dealkylation sites (tertiary alicyclic amines) is 1. The Morgan fingerprint density at radius 1 is 1.40 bits per heavy atom. The zero-order valence-electron chi connectivity index (χ0n) is 9.33. The molecule has 3 nitrogen and oxygen atoms in total. The Morgan fingerprint density at radius 3 is 2.53 bits per heavy atom. The topological polar surface area (TPSA) is 44.1 Å². The van der Waals surface area contributed by atoms with Crippen LogP contribution in [0.4, 0.5) is 0 Å². The van der Waals surface area contributed by atoms with Crippen molar-refractivity contribution in [2.24, 2.45) is 5.41 Å². The minimum atomic E-state index is -0.668. The van der Waals surface area contributed by atoms with Gasteiger partial charge in [0.1, 0.15) is 5.41 Å². The van der Waals surface area contributed by atoms with Gasteiger partial charge < -0.3 is 4.90 Å². The Balaban J connectivity index is 2.15. The molecule has 0 aromatic carbocycles. The van der Waals surface area contributed by atoms with Crippen molar-refractivity contribution in [2.75, 3.05) is 6.54 Å². The summed E-state index contributed by atoms with van der Waals surface area (Å²) in [6.07, 6.45) is 5.78. The molecule has 1 aliphatic heterocycles. The molecular weight excluding hydrogens is 188 g/mol. The normalized spacial score (nSPS) is 29.1. The van der Waals surface area contributed by atoms with Gasteiger partial charge in [-0.25, -0.2) is 0 Å². The molecule has 0 aromatic heterocycles. The molecule has 2 aliphatic rings. The molecule has 0 N–H and O–H groups in total. The van der Waals surface area contributed by atoms with Crippen molar-refractivity contribution in [3.63, 3.8) is 0 Å². The van der Waals surface area contributed by atoms with Gasteiger partial charge in [-0.2, -0.15) is 5.26 Å². The number of carbonyl (C=O) groups excluding carboxylic acids is 1. The first-order chi connectivity index (χ1) is 7.19. The number of hydrogen-bond acceptors (Lipinski definition) is 2. The monoisotopic (exact) mass is 206 g/mol. The smallest absolute Gasteiger partial charge is 0.243 e. The summed E-state index contributed by atoms with van der Waals surface area (Å²) in [7, 11) is 0. The largest absolute Gasteiger partial charge is 0.339 e. The summed E-state index contributed by atoms with van der Waals surface area (Å²) in [6, 6.07) is 2.62. The maximum atomic E-state index is 12.3. The maximum absolute atomic E-state index is 12.3. The van der Waals surface area contributed by atoms with Crippen LogP contribution in [0.1, 0.15) is 45.4 Å². The lowest BCUT2D eigenvalue weighted by Crippen LogP contribution is -2.43. The van der Waals surface area contributed by atoms with E-state index >= 15 is 0 Å². The third kappa shape index (κ3) is 1.62. The van der Waals surface area contributed by atoms with Gasteiger partial charge in [0.2, 0.25) is 5.91 Å². The van der Waals surface area contributed by atoms with E-state index in [0.717, 1.165) is 45.1 Å². The van der Waals surface area contributed by atoms with E-state index in [0.29, 0.717) is 6.04 Å². The number of hydrogen-bond donors (Lipinski definition) is 0. The summed E-state index contributed by atoms with van der Waals surface area (Å²) >= 11 is 0. The molecule has 1 unspecified atom stereocenters. The molecule has 3 heteroatoms. The lowest BCUT2D eigenvalue weighted by atomic mass is 9.86. The van der Waals surface area contributed by atoms with E-state index in [9.17, 15) is 10.1 Å². The second kappa shape index (κ2) is 3.84. The highest BCUT2D eigenvalue weighted by Crippen LogP contribution is 2.40. The van der Waals surface area contributed by atoms with Gasteiger partial charge in [-0.1, -0.05) is 12.8 Å². The molecule has 1 aliphatic carbocycles. The van der Waals surface area contributed by atoms with E-state index in [1.165, 1.54) is 0 Å². The first-order valence-electron chi connectivity index (χ1n) is 5.92.